The molecule has 0 spiro atoms. The van der Waals surface area contributed by atoms with Gasteiger partial charge in [0.2, 0.25) is 0 Å². The Bertz CT molecular complexity index is 1020. The summed E-state index contributed by atoms with van der Waals surface area (Å²) >= 11 is 0. The maximum Gasteiger partial charge on any atom is 0.490 e. The van der Waals surface area contributed by atoms with E-state index in [1.54, 1.807) is 0 Å². The molecule has 2 aliphatic heterocycles. The predicted octanol–water partition coefficient (Wildman–Crippen LogP) is 4.69. The first kappa shape index (κ1) is 26.5. The Labute approximate surface area is 202 Å². The third kappa shape index (κ3) is 7.43. The number of nitrogens with zero attached hydrogens (tertiary/aromatic N) is 1. The zero-order chi connectivity index (χ0) is 25.6. The topological polar surface area (TPSA) is 90.9 Å². The van der Waals surface area contributed by atoms with E-state index in [1.165, 1.54) is 16.7 Å². The van der Waals surface area contributed by atoms with Crippen LogP contribution in [0, 0.1) is 0 Å². The summed E-state index contributed by atoms with van der Waals surface area (Å²) in [5, 5.41) is 13.5. The number of carbonyl (C=O) groups excluding carboxylic acids is 1. The Kier molecular flexibility index (Phi) is 8.74. The highest BCUT2D eigenvalue weighted by Crippen LogP contribution is 2.25. The molecule has 2 heterocycles. The van der Waals surface area contributed by atoms with Gasteiger partial charge in [-0.2, -0.15) is 13.2 Å². The van der Waals surface area contributed by atoms with E-state index in [4.69, 9.17) is 14.6 Å². The number of aliphatic carboxylic acids is 1. The number of hydrogen-bond donors (Lipinski definition) is 3. The van der Waals surface area contributed by atoms with E-state index < -0.39 is 12.1 Å². The van der Waals surface area contributed by atoms with E-state index in [1.807, 2.05) is 29.2 Å². The fourth-order valence-corrected chi connectivity index (χ4v) is 3.87. The maximum atomic E-state index is 12.8. The monoisotopic (exact) mass is 493 g/mol. The summed E-state index contributed by atoms with van der Waals surface area (Å²) in [5.74, 6) is -2.26. The van der Waals surface area contributed by atoms with Crippen LogP contribution in [0.1, 0.15) is 48.1 Å². The van der Waals surface area contributed by atoms with Gasteiger partial charge < -0.3 is 25.4 Å². The number of anilines is 1. The number of halogens is 3. The molecule has 3 N–H and O–H groups in total. The third-order valence-electron chi connectivity index (χ3n) is 5.90. The van der Waals surface area contributed by atoms with Gasteiger partial charge in [-0.15, -0.1) is 0 Å². The summed E-state index contributed by atoms with van der Waals surface area (Å²) in [5.41, 5.74) is 5.91. The SMILES string of the molecule is CC(C)c1ccc2c(c1)CN(C(=O)Nc1ccc(C3CNCCO3)cc1)CC2.O=C(O)C(F)(F)F. The van der Waals surface area contributed by atoms with Crippen molar-refractivity contribution >= 4 is 17.7 Å². The quantitative estimate of drug-likeness (QED) is 0.577. The molecule has 1 saturated heterocycles. The molecule has 2 aromatic rings. The second kappa shape index (κ2) is 11.5. The molecular weight excluding hydrogens is 463 g/mol. The molecule has 0 saturated carbocycles. The average molecular weight is 494 g/mol. The number of carboxylic acid groups (broad SMARTS) is 1. The lowest BCUT2D eigenvalue weighted by molar-refractivity contribution is -0.192. The Morgan fingerprint density at radius 3 is 2.40 bits per heavy atom. The van der Waals surface area contributed by atoms with Gasteiger partial charge in [0.1, 0.15) is 0 Å². The molecule has 0 bridgehead atoms. The smallest absolute Gasteiger partial charge is 0.475 e. The Hall–Kier alpha value is -3.11. The lowest BCUT2D eigenvalue weighted by Gasteiger charge is -2.29. The molecule has 1 atom stereocenters. The predicted molar refractivity (Wildman–Crippen MR) is 125 cm³/mol. The number of hydrogen-bond acceptors (Lipinski definition) is 4. The first-order valence-corrected chi connectivity index (χ1v) is 11.4. The van der Waals surface area contributed by atoms with Gasteiger partial charge in [0.25, 0.3) is 0 Å². The highest BCUT2D eigenvalue weighted by atomic mass is 19.4. The Morgan fingerprint density at radius 1 is 1.14 bits per heavy atom. The molecule has 0 aliphatic carbocycles. The fourth-order valence-electron chi connectivity index (χ4n) is 3.87. The van der Waals surface area contributed by atoms with Gasteiger partial charge in [0.15, 0.2) is 0 Å². The number of benzene rings is 2. The molecule has 10 heteroatoms. The number of alkyl halides is 3. The normalized spacial score (nSPS) is 17.8. The summed E-state index contributed by atoms with van der Waals surface area (Å²) < 4.78 is 37.5. The van der Waals surface area contributed by atoms with Crippen LogP contribution in [-0.4, -0.2) is 54.4 Å². The lowest BCUT2D eigenvalue weighted by atomic mass is 9.93. The molecule has 0 aromatic heterocycles. The second-order valence-electron chi connectivity index (χ2n) is 8.77. The van der Waals surface area contributed by atoms with Crippen molar-refractivity contribution in [1.82, 2.24) is 10.2 Å². The van der Waals surface area contributed by atoms with Crippen LogP contribution >= 0.6 is 0 Å². The highest BCUT2D eigenvalue weighted by Gasteiger charge is 2.38. The molecule has 2 aromatic carbocycles. The molecule has 190 valence electrons. The van der Waals surface area contributed by atoms with Crippen molar-refractivity contribution in [2.24, 2.45) is 0 Å². The number of fused-ring (bicyclic) bond motifs is 1. The number of carboxylic acids is 1. The number of morpholine rings is 1. The van der Waals surface area contributed by atoms with Gasteiger partial charge in [0, 0.05) is 31.9 Å². The minimum absolute atomic E-state index is 0.0380. The van der Waals surface area contributed by atoms with Crippen molar-refractivity contribution in [3.8, 4) is 0 Å². The highest BCUT2D eigenvalue weighted by molar-refractivity contribution is 5.89. The summed E-state index contributed by atoms with van der Waals surface area (Å²) in [4.78, 5) is 23.6. The maximum absolute atomic E-state index is 12.8. The van der Waals surface area contributed by atoms with E-state index in [0.29, 0.717) is 12.5 Å². The van der Waals surface area contributed by atoms with Gasteiger partial charge in [-0.05, 0) is 46.7 Å². The number of ether oxygens (including phenoxy) is 1. The lowest BCUT2D eigenvalue weighted by Crippen LogP contribution is -2.39. The first-order valence-electron chi connectivity index (χ1n) is 11.4. The minimum Gasteiger partial charge on any atom is -0.475 e. The van der Waals surface area contributed by atoms with Gasteiger partial charge >= 0.3 is 18.2 Å². The van der Waals surface area contributed by atoms with Crippen LogP contribution in [0.2, 0.25) is 0 Å². The summed E-state index contributed by atoms with van der Waals surface area (Å²) in [6, 6.07) is 14.6. The zero-order valence-corrected chi connectivity index (χ0v) is 19.7. The third-order valence-corrected chi connectivity index (χ3v) is 5.90. The van der Waals surface area contributed by atoms with Crippen LogP contribution in [0.5, 0.6) is 0 Å². The molecular formula is C25H30F3N3O4. The number of amides is 2. The second-order valence-corrected chi connectivity index (χ2v) is 8.77. The van der Waals surface area contributed by atoms with Crippen LogP contribution in [0.15, 0.2) is 42.5 Å². The van der Waals surface area contributed by atoms with Crippen molar-refractivity contribution < 1.29 is 32.6 Å². The largest absolute Gasteiger partial charge is 0.490 e. The average Bonchev–Trinajstić information content (AvgIpc) is 2.84. The van der Waals surface area contributed by atoms with Crippen LogP contribution in [-0.2, 0) is 22.5 Å². The van der Waals surface area contributed by atoms with Gasteiger partial charge in [-0.1, -0.05) is 44.2 Å². The Balaban J connectivity index is 0.000000429. The summed E-state index contributed by atoms with van der Waals surface area (Å²) in [6.45, 7) is 8.29. The molecule has 0 radical (unpaired) electrons. The van der Waals surface area contributed by atoms with Gasteiger partial charge in [-0.3, -0.25) is 0 Å². The molecule has 35 heavy (non-hydrogen) atoms. The first-order chi connectivity index (χ1) is 16.5. The van der Waals surface area contributed by atoms with E-state index in [2.05, 4.69) is 42.7 Å². The van der Waals surface area contributed by atoms with Crippen LogP contribution < -0.4 is 10.6 Å². The van der Waals surface area contributed by atoms with E-state index in [0.717, 1.165) is 43.9 Å². The molecule has 4 rings (SSSR count). The van der Waals surface area contributed by atoms with Crippen molar-refractivity contribution in [3.63, 3.8) is 0 Å². The zero-order valence-electron chi connectivity index (χ0n) is 19.7. The van der Waals surface area contributed by atoms with Crippen LogP contribution in [0.25, 0.3) is 0 Å². The van der Waals surface area contributed by atoms with Gasteiger partial charge in [-0.25, -0.2) is 9.59 Å². The van der Waals surface area contributed by atoms with Crippen molar-refractivity contribution in [2.45, 2.75) is 45.0 Å². The van der Waals surface area contributed by atoms with Crippen molar-refractivity contribution in [2.75, 3.05) is 31.6 Å². The summed E-state index contributed by atoms with van der Waals surface area (Å²) in [6.07, 6.45) is -4.08. The van der Waals surface area contributed by atoms with Crippen LogP contribution in [0.4, 0.5) is 23.7 Å². The van der Waals surface area contributed by atoms with Gasteiger partial charge in [0.05, 0.1) is 12.7 Å². The number of carbonyl (C=O) groups is 2. The number of rotatable bonds is 3. The van der Waals surface area contributed by atoms with E-state index in [9.17, 15) is 18.0 Å². The molecule has 1 fully saturated rings. The molecule has 2 aliphatic rings. The van der Waals surface area contributed by atoms with Crippen molar-refractivity contribution in [3.05, 3.63) is 64.7 Å². The van der Waals surface area contributed by atoms with Crippen molar-refractivity contribution in [1.29, 1.82) is 0 Å². The number of nitrogens with one attached hydrogen (secondary N) is 2. The Morgan fingerprint density at radius 2 is 1.83 bits per heavy atom. The van der Waals surface area contributed by atoms with Crippen LogP contribution in [0.3, 0.4) is 0 Å². The van der Waals surface area contributed by atoms with E-state index in [-0.39, 0.29) is 12.1 Å². The molecule has 7 nitrogen and oxygen atoms in total. The standard InChI is InChI=1S/C23H29N3O2.C2HF3O2/c1-16(2)19-4-3-17-9-11-26(15-20(17)13-19)23(27)25-21-7-5-18(6-8-21)22-14-24-10-12-28-22;3-2(4,5)1(6)7/h3-8,13,16,22,24H,9-12,14-15H2,1-2H3,(H,25,27);(H,6,7). The summed E-state index contributed by atoms with van der Waals surface area (Å²) in [7, 11) is 0. The molecule has 1 unspecified atom stereocenters. The van der Waals surface area contributed by atoms with E-state index >= 15 is 0 Å². The fraction of sp³-hybridized carbons (Fsp3) is 0.440. The minimum atomic E-state index is -5.08. The number of urea groups is 1. The molecule has 2 amide bonds.